The molecule has 18 heavy (non-hydrogen) atoms. The number of aliphatic hydroxyl groups is 1. The number of aryl methyl sites for hydroxylation is 1. The molecule has 4 heteroatoms. The number of ether oxygens (including phenoxy) is 1. The van der Waals surface area contributed by atoms with E-state index in [1.165, 1.54) is 0 Å². The van der Waals surface area contributed by atoms with Gasteiger partial charge in [-0.2, -0.15) is 0 Å². The molecule has 0 saturated heterocycles. The van der Waals surface area contributed by atoms with Gasteiger partial charge in [-0.3, -0.25) is 4.79 Å². The van der Waals surface area contributed by atoms with E-state index in [9.17, 15) is 9.90 Å². The van der Waals surface area contributed by atoms with Crippen molar-refractivity contribution in [1.29, 1.82) is 0 Å². The molecule has 0 bridgehead atoms. The highest BCUT2D eigenvalue weighted by atomic mass is 16.5. The molecule has 1 unspecified atom stereocenters. The maximum atomic E-state index is 11.5. The van der Waals surface area contributed by atoms with E-state index in [0.29, 0.717) is 26.0 Å². The van der Waals surface area contributed by atoms with Crippen molar-refractivity contribution >= 4 is 5.91 Å². The molecule has 1 rings (SSSR count). The van der Waals surface area contributed by atoms with Crippen molar-refractivity contribution in [3.05, 3.63) is 35.9 Å². The summed E-state index contributed by atoms with van der Waals surface area (Å²) < 4.78 is 4.80. The van der Waals surface area contributed by atoms with Gasteiger partial charge in [-0.15, -0.1) is 0 Å². The quantitative estimate of drug-likeness (QED) is 0.728. The van der Waals surface area contributed by atoms with Gasteiger partial charge in [0, 0.05) is 20.1 Å². The van der Waals surface area contributed by atoms with Crippen molar-refractivity contribution in [2.45, 2.75) is 25.4 Å². The average Bonchev–Trinajstić information content (AvgIpc) is 2.38. The van der Waals surface area contributed by atoms with Crippen molar-refractivity contribution in [1.82, 2.24) is 5.32 Å². The first kappa shape index (κ1) is 14.7. The summed E-state index contributed by atoms with van der Waals surface area (Å²) in [6.45, 7) is 0.790. The first-order valence-corrected chi connectivity index (χ1v) is 6.20. The van der Waals surface area contributed by atoms with Crippen molar-refractivity contribution in [3.8, 4) is 0 Å². The van der Waals surface area contributed by atoms with Gasteiger partial charge in [0.15, 0.2) is 0 Å². The lowest BCUT2D eigenvalue weighted by molar-refractivity contribution is -0.121. The predicted octanol–water partition coefficient (Wildman–Crippen LogP) is 1.13. The van der Waals surface area contributed by atoms with Crippen molar-refractivity contribution in [3.63, 3.8) is 0 Å². The molecule has 2 N–H and O–H groups in total. The number of methoxy groups -OCH3 is 1. The molecule has 1 aromatic carbocycles. The molecule has 100 valence electrons. The van der Waals surface area contributed by atoms with Crippen LogP contribution in [0.3, 0.4) is 0 Å². The number of carbonyl (C=O) groups is 1. The Bertz CT molecular complexity index is 340. The summed E-state index contributed by atoms with van der Waals surface area (Å²) in [5.74, 6) is 0.0171. The fourth-order valence-corrected chi connectivity index (χ4v) is 1.64. The van der Waals surface area contributed by atoms with E-state index in [1.54, 1.807) is 7.11 Å². The monoisotopic (exact) mass is 251 g/mol. The fraction of sp³-hybridized carbons (Fsp3) is 0.500. The molecule has 0 radical (unpaired) electrons. The second-order valence-corrected chi connectivity index (χ2v) is 4.23. The first-order valence-electron chi connectivity index (χ1n) is 6.20. The number of hydrogen-bond donors (Lipinski definition) is 2. The molecule has 1 amide bonds. The van der Waals surface area contributed by atoms with Crippen LogP contribution in [-0.2, 0) is 16.0 Å². The van der Waals surface area contributed by atoms with Gasteiger partial charge >= 0.3 is 0 Å². The van der Waals surface area contributed by atoms with Gasteiger partial charge in [0.25, 0.3) is 0 Å². The van der Waals surface area contributed by atoms with Crippen LogP contribution in [0.25, 0.3) is 0 Å². The highest BCUT2D eigenvalue weighted by molar-refractivity contribution is 5.76. The van der Waals surface area contributed by atoms with E-state index < -0.39 is 6.10 Å². The Morgan fingerprint density at radius 1 is 1.39 bits per heavy atom. The Labute approximate surface area is 108 Å². The van der Waals surface area contributed by atoms with Gasteiger partial charge in [-0.1, -0.05) is 30.3 Å². The van der Waals surface area contributed by atoms with Crippen LogP contribution in [0, 0.1) is 0 Å². The third-order valence-corrected chi connectivity index (χ3v) is 2.64. The standard InChI is InChI=1S/C14H21NO3/c1-18-11-13(16)9-10-15-14(17)8-7-12-5-3-2-4-6-12/h2-6,13,16H,7-11H2,1H3,(H,15,17). The molecule has 0 aliphatic rings. The average molecular weight is 251 g/mol. The Morgan fingerprint density at radius 2 is 2.11 bits per heavy atom. The van der Waals surface area contributed by atoms with Crippen LogP contribution in [0.1, 0.15) is 18.4 Å². The Hall–Kier alpha value is -1.39. The van der Waals surface area contributed by atoms with Crippen LogP contribution >= 0.6 is 0 Å². The normalized spacial score (nSPS) is 12.1. The fourth-order valence-electron chi connectivity index (χ4n) is 1.64. The lowest BCUT2D eigenvalue weighted by Crippen LogP contribution is -2.28. The van der Waals surface area contributed by atoms with Gasteiger partial charge < -0.3 is 15.2 Å². The van der Waals surface area contributed by atoms with E-state index in [1.807, 2.05) is 30.3 Å². The number of aliphatic hydroxyl groups excluding tert-OH is 1. The van der Waals surface area contributed by atoms with Crippen LogP contribution < -0.4 is 5.32 Å². The lowest BCUT2D eigenvalue weighted by atomic mass is 10.1. The molecule has 0 aliphatic carbocycles. The lowest BCUT2D eigenvalue weighted by Gasteiger charge is -2.10. The Morgan fingerprint density at radius 3 is 2.78 bits per heavy atom. The third-order valence-electron chi connectivity index (χ3n) is 2.64. The molecule has 0 aliphatic heterocycles. The van der Waals surface area contributed by atoms with E-state index in [4.69, 9.17) is 4.74 Å². The zero-order valence-electron chi connectivity index (χ0n) is 10.8. The number of amides is 1. The third kappa shape index (κ3) is 6.37. The molecule has 1 atom stereocenters. The summed E-state index contributed by atoms with van der Waals surface area (Å²) in [6, 6.07) is 9.91. The molecule has 0 spiro atoms. The first-order chi connectivity index (χ1) is 8.72. The van der Waals surface area contributed by atoms with Crippen molar-refractivity contribution < 1.29 is 14.6 Å². The maximum Gasteiger partial charge on any atom is 0.220 e. The molecule has 1 aromatic rings. The van der Waals surface area contributed by atoms with Crippen LogP contribution in [0.5, 0.6) is 0 Å². The Kier molecular flexibility index (Phi) is 7.06. The van der Waals surface area contributed by atoms with Crippen molar-refractivity contribution in [2.24, 2.45) is 0 Å². The number of carbonyl (C=O) groups excluding carboxylic acids is 1. The molecule has 0 saturated carbocycles. The molecule has 0 fully saturated rings. The second-order valence-electron chi connectivity index (χ2n) is 4.23. The van der Waals surface area contributed by atoms with E-state index >= 15 is 0 Å². The summed E-state index contributed by atoms with van der Waals surface area (Å²) in [5.41, 5.74) is 1.16. The summed E-state index contributed by atoms with van der Waals surface area (Å²) in [5, 5.41) is 12.2. The van der Waals surface area contributed by atoms with Crippen LogP contribution in [0.2, 0.25) is 0 Å². The summed E-state index contributed by atoms with van der Waals surface area (Å²) in [7, 11) is 1.54. The summed E-state index contributed by atoms with van der Waals surface area (Å²) >= 11 is 0. The largest absolute Gasteiger partial charge is 0.391 e. The molecule has 4 nitrogen and oxygen atoms in total. The van der Waals surface area contributed by atoms with Gasteiger partial charge in [-0.05, 0) is 18.4 Å². The van der Waals surface area contributed by atoms with E-state index in [0.717, 1.165) is 12.0 Å². The van der Waals surface area contributed by atoms with E-state index in [-0.39, 0.29) is 5.91 Å². The summed E-state index contributed by atoms with van der Waals surface area (Å²) in [4.78, 5) is 11.5. The summed E-state index contributed by atoms with van der Waals surface area (Å²) in [6.07, 6.45) is 1.23. The van der Waals surface area contributed by atoms with E-state index in [2.05, 4.69) is 5.32 Å². The van der Waals surface area contributed by atoms with Gasteiger partial charge in [0.05, 0.1) is 12.7 Å². The van der Waals surface area contributed by atoms with Gasteiger partial charge in [0.1, 0.15) is 0 Å². The highest BCUT2D eigenvalue weighted by Crippen LogP contribution is 2.02. The van der Waals surface area contributed by atoms with Crippen LogP contribution in [0.15, 0.2) is 30.3 Å². The second kappa shape index (κ2) is 8.66. The number of rotatable bonds is 8. The van der Waals surface area contributed by atoms with Crippen LogP contribution in [0.4, 0.5) is 0 Å². The molecular formula is C14H21NO3. The highest BCUT2D eigenvalue weighted by Gasteiger charge is 2.05. The minimum atomic E-state index is -0.510. The minimum Gasteiger partial charge on any atom is -0.391 e. The molecule has 0 aromatic heterocycles. The smallest absolute Gasteiger partial charge is 0.220 e. The van der Waals surface area contributed by atoms with Gasteiger partial charge in [-0.25, -0.2) is 0 Å². The Balaban J connectivity index is 2.11. The zero-order valence-corrected chi connectivity index (χ0v) is 10.8. The SMILES string of the molecule is COCC(O)CCNC(=O)CCc1ccccc1. The molecular weight excluding hydrogens is 230 g/mol. The number of benzene rings is 1. The number of hydrogen-bond acceptors (Lipinski definition) is 3. The maximum absolute atomic E-state index is 11.5. The topological polar surface area (TPSA) is 58.6 Å². The van der Waals surface area contributed by atoms with Crippen molar-refractivity contribution in [2.75, 3.05) is 20.3 Å². The van der Waals surface area contributed by atoms with Crippen LogP contribution in [-0.4, -0.2) is 37.4 Å². The molecule has 0 heterocycles. The minimum absolute atomic E-state index is 0.0171. The zero-order chi connectivity index (χ0) is 13.2. The van der Waals surface area contributed by atoms with Gasteiger partial charge in [0.2, 0.25) is 5.91 Å². The number of nitrogens with one attached hydrogen (secondary N) is 1. The predicted molar refractivity (Wildman–Crippen MR) is 70.3 cm³/mol.